The molecule has 0 aliphatic carbocycles. The number of amides is 7. The Labute approximate surface area is 349 Å². The van der Waals surface area contributed by atoms with Crippen LogP contribution >= 0.6 is 0 Å². The van der Waals surface area contributed by atoms with Crippen LogP contribution in [0.1, 0.15) is 62.6 Å². The van der Waals surface area contributed by atoms with E-state index in [1.54, 1.807) is 78.7 Å². The molecule has 3 aromatic carbocycles. The predicted octanol–water partition coefficient (Wildman–Crippen LogP) is 2.71. The number of nitrogens with zero attached hydrogens (tertiary/aromatic N) is 1. The van der Waals surface area contributed by atoms with Crippen molar-refractivity contribution in [3.05, 3.63) is 108 Å². The molecular weight excluding hydrogens is 771 g/mol. The summed E-state index contributed by atoms with van der Waals surface area (Å²) in [4.78, 5) is 93.3. The fourth-order valence-corrected chi connectivity index (χ4v) is 6.59. The fourth-order valence-electron chi connectivity index (χ4n) is 6.59. The second-order valence-corrected chi connectivity index (χ2v) is 14.9. The number of methoxy groups -OCH3 is 1. The first-order valence-corrected chi connectivity index (χ1v) is 19.9. The smallest absolute Gasteiger partial charge is 0.408 e. The van der Waals surface area contributed by atoms with Crippen LogP contribution in [0.4, 0.5) is 10.5 Å². The van der Waals surface area contributed by atoms with E-state index in [9.17, 15) is 33.6 Å². The molecule has 0 aromatic heterocycles. The molecule has 0 radical (unpaired) electrons. The number of benzene rings is 3. The molecule has 320 valence electrons. The Morgan fingerprint density at radius 2 is 1.33 bits per heavy atom. The Morgan fingerprint density at radius 1 is 0.733 bits per heavy atom. The van der Waals surface area contributed by atoms with Gasteiger partial charge in [-0.3, -0.25) is 28.8 Å². The van der Waals surface area contributed by atoms with Gasteiger partial charge in [0.1, 0.15) is 30.5 Å². The number of hydrogen-bond acceptors (Lipinski definition) is 9. The molecule has 8 N–H and O–H groups in total. The van der Waals surface area contributed by atoms with Crippen molar-refractivity contribution in [2.45, 2.75) is 89.6 Å². The zero-order chi connectivity index (χ0) is 43.6. The number of hydrogen-bond donors (Lipinski definition) is 6. The van der Waals surface area contributed by atoms with Gasteiger partial charge in [0.2, 0.25) is 29.5 Å². The van der Waals surface area contributed by atoms with Gasteiger partial charge < -0.3 is 47.1 Å². The highest BCUT2D eigenvalue weighted by Gasteiger charge is 2.32. The lowest BCUT2D eigenvalue weighted by atomic mass is 10.0. The Morgan fingerprint density at radius 3 is 1.97 bits per heavy atom. The summed E-state index contributed by atoms with van der Waals surface area (Å²) >= 11 is 0. The minimum absolute atomic E-state index is 0.00786. The predicted molar refractivity (Wildman–Crippen MR) is 224 cm³/mol. The molecule has 0 spiro atoms. The molecule has 0 bridgehead atoms. The van der Waals surface area contributed by atoms with E-state index < -0.39 is 59.8 Å². The average molecular weight is 826 g/mol. The van der Waals surface area contributed by atoms with E-state index in [4.69, 9.17) is 20.9 Å². The summed E-state index contributed by atoms with van der Waals surface area (Å²) < 4.78 is 10.7. The topological polar surface area (TPSA) is 241 Å². The van der Waals surface area contributed by atoms with Crippen molar-refractivity contribution >= 4 is 47.2 Å². The van der Waals surface area contributed by atoms with Crippen LogP contribution in [0, 0.1) is 5.92 Å². The van der Waals surface area contributed by atoms with Crippen molar-refractivity contribution < 1.29 is 43.0 Å². The summed E-state index contributed by atoms with van der Waals surface area (Å²) in [6.07, 6.45) is 2.18. The number of fused-ring (bicyclic) bond motifs is 1. The fraction of sp³-hybridized carbons (Fsp3) is 0.386. The van der Waals surface area contributed by atoms with E-state index in [1.165, 1.54) is 12.2 Å². The van der Waals surface area contributed by atoms with Crippen molar-refractivity contribution in [3.8, 4) is 5.75 Å². The maximum Gasteiger partial charge on any atom is 0.408 e. The van der Waals surface area contributed by atoms with Gasteiger partial charge in [0.15, 0.2) is 0 Å². The first-order chi connectivity index (χ1) is 28.7. The number of carbonyl (C=O) groups is 7. The van der Waals surface area contributed by atoms with Crippen LogP contribution in [-0.2, 0) is 53.0 Å². The van der Waals surface area contributed by atoms with Crippen LogP contribution in [0.15, 0.2) is 91.0 Å². The van der Waals surface area contributed by atoms with Crippen molar-refractivity contribution in [2.75, 3.05) is 18.6 Å². The summed E-state index contributed by atoms with van der Waals surface area (Å²) in [6.45, 7) is 4.16. The molecule has 3 aromatic rings. The number of ether oxygens (including phenoxy) is 2. The Balaban J connectivity index is 1.51. The van der Waals surface area contributed by atoms with E-state index in [0.29, 0.717) is 24.3 Å². The molecule has 1 heterocycles. The summed E-state index contributed by atoms with van der Waals surface area (Å²) in [5.74, 6) is -3.23. The highest BCUT2D eigenvalue weighted by molar-refractivity contribution is 6.03. The lowest BCUT2D eigenvalue weighted by molar-refractivity contribution is -0.133. The standard InChI is InChI=1S/C44H55N7O9/c1-28(2)24-35(50-44(58)60-27-30-12-8-5-9-13-30)42(56)49-36(25-29-10-6-4-7-11-29)43(57)48-34(17-20-39(46)53)41(55)47-32(14-19-38(45)52)15-21-40(54)51-23-22-31-26-33(59-3)16-18-37(31)51/h4-13,15-16,18,21,26,28,32,34-36H,14,17,19-20,22-25,27H2,1-3H3,(H2,45,52)(H2,46,53)(H,47,55)(H,48,57)(H,49,56)(H,50,58)/b21-15+/t32-,34-,35-,36-/m0/s1. The van der Waals surface area contributed by atoms with Gasteiger partial charge in [0, 0.05) is 43.6 Å². The largest absolute Gasteiger partial charge is 0.497 e. The molecular formula is C44H55N7O9. The summed E-state index contributed by atoms with van der Waals surface area (Å²) in [5, 5.41) is 10.8. The van der Waals surface area contributed by atoms with Gasteiger partial charge in [-0.15, -0.1) is 0 Å². The zero-order valence-corrected chi connectivity index (χ0v) is 34.2. The SMILES string of the molecule is COc1ccc2c(c1)CCN2C(=O)/C=C/[C@H](CCC(N)=O)NC(=O)[C@H](CCC(N)=O)NC(=O)[C@H](Cc1ccccc1)NC(=O)[C@H](CC(C)C)NC(=O)OCc1ccccc1. The second-order valence-electron chi connectivity index (χ2n) is 14.9. The summed E-state index contributed by atoms with van der Waals surface area (Å²) in [5.41, 5.74) is 14.0. The lowest BCUT2D eigenvalue weighted by Crippen LogP contribution is -2.58. The van der Waals surface area contributed by atoms with E-state index >= 15 is 0 Å². The highest BCUT2D eigenvalue weighted by atomic mass is 16.5. The molecule has 0 fully saturated rings. The molecule has 7 amide bonds. The van der Waals surface area contributed by atoms with Crippen molar-refractivity contribution in [3.63, 3.8) is 0 Å². The van der Waals surface area contributed by atoms with Crippen molar-refractivity contribution in [1.29, 1.82) is 0 Å². The quantitative estimate of drug-likeness (QED) is 0.0816. The Kier molecular flexibility index (Phi) is 17.6. The third kappa shape index (κ3) is 14.9. The van der Waals surface area contributed by atoms with Gasteiger partial charge >= 0.3 is 6.09 Å². The lowest BCUT2D eigenvalue weighted by Gasteiger charge is -2.26. The van der Waals surface area contributed by atoms with Crippen molar-refractivity contribution in [1.82, 2.24) is 21.3 Å². The number of anilines is 1. The first kappa shape index (κ1) is 46.0. The van der Waals surface area contributed by atoms with Gasteiger partial charge in [-0.2, -0.15) is 0 Å². The van der Waals surface area contributed by atoms with Crippen LogP contribution in [-0.4, -0.2) is 79.4 Å². The monoisotopic (exact) mass is 825 g/mol. The number of rotatable bonds is 22. The van der Waals surface area contributed by atoms with Gasteiger partial charge in [-0.05, 0) is 66.5 Å². The molecule has 4 rings (SSSR count). The Bertz CT molecular complexity index is 1990. The number of carbonyl (C=O) groups excluding carboxylic acids is 7. The second kappa shape index (κ2) is 23.0. The molecule has 0 saturated heterocycles. The molecule has 0 saturated carbocycles. The molecule has 60 heavy (non-hydrogen) atoms. The van der Waals surface area contributed by atoms with E-state index in [2.05, 4.69) is 21.3 Å². The van der Waals surface area contributed by atoms with Gasteiger partial charge in [0.25, 0.3) is 5.91 Å². The van der Waals surface area contributed by atoms with E-state index in [0.717, 1.165) is 16.8 Å². The minimum atomic E-state index is -1.33. The minimum Gasteiger partial charge on any atom is -0.497 e. The van der Waals surface area contributed by atoms with Crippen LogP contribution in [0.3, 0.4) is 0 Å². The molecule has 0 unspecified atom stereocenters. The molecule has 16 nitrogen and oxygen atoms in total. The van der Waals surface area contributed by atoms with Crippen LogP contribution < -0.4 is 42.4 Å². The summed E-state index contributed by atoms with van der Waals surface area (Å²) in [7, 11) is 1.56. The number of nitrogens with one attached hydrogen (secondary N) is 4. The average Bonchev–Trinajstić information content (AvgIpc) is 3.65. The van der Waals surface area contributed by atoms with Crippen LogP contribution in [0.25, 0.3) is 0 Å². The first-order valence-electron chi connectivity index (χ1n) is 19.9. The van der Waals surface area contributed by atoms with Crippen molar-refractivity contribution in [2.24, 2.45) is 17.4 Å². The number of nitrogens with two attached hydrogens (primary N) is 2. The molecule has 1 aliphatic rings. The van der Waals surface area contributed by atoms with E-state index in [1.807, 2.05) is 26.0 Å². The molecule has 1 aliphatic heterocycles. The van der Waals surface area contributed by atoms with Crippen LogP contribution in [0.5, 0.6) is 5.75 Å². The summed E-state index contributed by atoms with van der Waals surface area (Å²) in [6, 6.07) is 18.8. The van der Waals surface area contributed by atoms with Crippen LogP contribution in [0.2, 0.25) is 0 Å². The molecule has 4 atom stereocenters. The third-order valence-corrected chi connectivity index (χ3v) is 9.71. The zero-order valence-electron chi connectivity index (χ0n) is 34.2. The molecule has 16 heteroatoms. The number of alkyl carbamates (subject to hydrolysis) is 1. The normalized spacial score (nSPS) is 14.0. The van der Waals surface area contributed by atoms with Gasteiger partial charge in [-0.1, -0.05) is 80.6 Å². The number of primary amides is 2. The third-order valence-electron chi connectivity index (χ3n) is 9.71. The highest BCUT2D eigenvalue weighted by Crippen LogP contribution is 2.31. The van der Waals surface area contributed by atoms with Gasteiger partial charge in [-0.25, -0.2) is 4.79 Å². The maximum absolute atomic E-state index is 14.1. The van der Waals surface area contributed by atoms with Gasteiger partial charge in [0.05, 0.1) is 7.11 Å². The Hall–Kier alpha value is -6.71. The maximum atomic E-state index is 14.1. The van der Waals surface area contributed by atoms with E-state index in [-0.39, 0.29) is 57.0 Å².